The molecule has 1 aromatic rings. The molecule has 1 N–H and O–H groups in total. The number of carbonyl (C=O) groups is 2. The molecule has 126 valence electrons. The fourth-order valence-electron chi connectivity index (χ4n) is 1.72. The largest absolute Gasteiger partial charge is 0.497 e. The highest BCUT2D eigenvalue weighted by Gasteiger charge is 2.26. The van der Waals surface area contributed by atoms with Crippen molar-refractivity contribution in [2.24, 2.45) is 0 Å². The van der Waals surface area contributed by atoms with Gasteiger partial charge in [-0.2, -0.15) is 0 Å². The third-order valence-electron chi connectivity index (χ3n) is 2.72. The van der Waals surface area contributed by atoms with Gasteiger partial charge in [0.15, 0.2) is 5.57 Å². The van der Waals surface area contributed by atoms with Gasteiger partial charge in [0, 0.05) is 11.8 Å². The van der Waals surface area contributed by atoms with Crippen molar-refractivity contribution in [3.05, 3.63) is 34.9 Å². The first-order valence-electron chi connectivity index (χ1n) is 7.10. The number of hydrogen-bond donors (Lipinski definition) is 1. The Morgan fingerprint density at radius 2 is 1.74 bits per heavy atom. The summed E-state index contributed by atoms with van der Waals surface area (Å²) < 4.78 is 15.1. The number of rotatable bonds is 8. The number of nitrogens with one attached hydrogen (secondary N) is 1. The third-order valence-corrected chi connectivity index (χ3v) is 3.43. The SMILES string of the molecule is CCOC(=O)C(C(=O)OCC)=C(Nc1cccc(OC)c1)SC. The van der Waals surface area contributed by atoms with Crippen LogP contribution in [0.4, 0.5) is 5.69 Å². The quantitative estimate of drug-likeness (QED) is 0.338. The Balaban J connectivity index is 3.20. The Bertz CT molecular complexity index is 566. The summed E-state index contributed by atoms with van der Waals surface area (Å²) in [6.07, 6.45) is 1.75. The van der Waals surface area contributed by atoms with E-state index in [4.69, 9.17) is 14.2 Å². The van der Waals surface area contributed by atoms with E-state index in [-0.39, 0.29) is 18.8 Å². The molecule has 0 saturated heterocycles. The highest BCUT2D eigenvalue weighted by molar-refractivity contribution is 8.02. The molecule has 0 amide bonds. The van der Waals surface area contributed by atoms with Crippen LogP contribution in [0.2, 0.25) is 0 Å². The minimum absolute atomic E-state index is 0.149. The monoisotopic (exact) mass is 339 g/mol. The van der Waals surface area contributed by atoms with Crippen molar-refractivity contribution in [1.82, 2.24) is 0 Å². The van der Waals surface area contributed by atoms with Crippen molar-refractivity contribution in [1.29, 1.82) is 0 Å². The van der Waals surface area contributed by atoms with Crippen molar-refractivity contribution in [2.75, 3.05) is 31.9 Å². The zero-order valence-electron chi connectivity index (χ0n) is 13.7. The molecular weight excluding hydrogens is 318 g/mol. The zero-order chi connectivity index (χ0) is 17.2. The molecule has 1 rings (SSSR count). The second-order valence-electron chi connectivity index (χ2n) is 4.21. The van der Waals surface area contributed by atoms with Crippen LogP contribution < -0.4 is 10.1 Å². The fraction of sp³-hybridized carbons (Fsp3) is 0.375. The van der Waals surface area contributed by atoms with Gasteiger partial charge in [-0.25, -0.2) is 9.59 Å². The normalized spacial score (nSPS) is 9.74. The molecule has 23 heavy (non-hydrogen) atoms. The topological polar surface area (TPSA) is 73.9 Å². The first-order chi connectivity index (χ1) is 11.1. The Labute approximate surface area is 140 Å². The molecule has 0 aliphatic rings. The molecule has 0 heterocycles. The Hall–Kier alpha value is -2.15. The second kappa shape index (κ2) is 9.78. The minimum Gasteiger partial charge on any atom is -0.497 e. The summed E-state index contributed by atoms with van der Waals surface area (Å²) in [6, 6.07) is 7.15. The van der Waals surface area contributed by atoms with Crippen LogP contribution >= 0.6 is 11.8 Å². The van der Waals surface area contributed by atoms with Crippen molar-refractivity contribution in [3.63, 3.8) is 0 Å². The molecule has 0 aromatic heterocycles. The Morgan fingerprint density at radius 1 is 1.13 bits per heavy atom. The van der Waals surface area contributed by atoms with E-state index in [0.717, 1.165) is 0 Å². The molecule has 7 heteroatoms. The van der Waals surface area contributed by atoms with Gasteiger partial charge >= 0.3 is 11.9 Å². The lowest BCUT2D eigenvalue weighted by Gasteiger charge is -2.14. The predicted molar refractivity (Wildman–Crippen MR) is 90.4 cm³/mol. The average Bonchev–Trinajstić information content (AvgIpc) is 2.55. The van der Waals surface area contributed by atoms with E-state index in [0.29, 0.717) is 16.5 Å². The summed E-state index contributed by atoms with van der Waals surface area (Å²) in [6.45, 7) is 3.69. The van der Waals surface area contributed by atoms with Crippen LogP contribution in [0, 0.1) is 0 Å². The van der Waals surface area contributed by atoms with Crippen molar-refractivity contribution in [2.45, 2.75) is 13.8 Å². The summed E-state index contributed by atoms with van der Waals surface area (Å²) in [7, 11) is 1.56. The van der Waals surface area contributed by atoms with Crippen molar-refractivity contribution >= 4 is 29.4 Å². The van der Waals surface area contributed by atoms with Gasteiger partial charge in [0.05, 0.1) is 25.4 Å². The smallest absolute Gasteiger partial charge is 0.348 e. The molecule has 0 aliphatic heterocycles. The van der Waals surface area contributed by atoms with Gasteiger partial charge in [-0.15, -0.1) is 11.8 Å². The van der Waals surface area contributed by atoms with Crippen LogP contribution in [0.5, 0.6) is 5.75 Å². The first-order valence-corrected chi connectivity index (χ1v) is 8.33. The van der Waals surface area contributed by atoms with E-state index >= 15 is 0 Å². The maximum atomic E-state index is 12.1. The van der Waals surface area contributed by atoms with E-state index in [2.05, 4.69) is 5.32 Å². The number of ether oxygens (including phenoxy) is 3. The number of carbonyl (C=O) groups excluding carboxylic acids is 2. The summed E-state index contributed by atoms with van der Waals surface area (Å²) in [5, 5.41) is 3.40. The van der Waals surface area contributed by atoms with Crippen LogP contribution in [-0.2, 0) is 19.1 Å². The van der Waals surface area contributed by atoms with Gasteiger partial charge in [-0.1, -0.05) is 6.07 Å². The maximum absolute atomic E-state index is 12.1. The van der Waals surface area contributed by atoms with Crippen LogP contribution in [0.3, 0.4) is 0 Å². The lowest BCUT2D eigenvalue weighted by Crippen LogP contribution is -2.22. The molecule has 0 radical (unpaired) electrons. The second-order valence-corrected chi connectivity index (χ2v) is 5.02. The molecule has 0 bridgehead atoms. The first kappa shape index (κ1) is 18.9. The van der Waals surface area contributed by atoms with Gasteiger partial charge in [-0.05, 0) is 32.2 Å². The summed E-state index contributed by atoms with van der Waals surface area (Å²) >= 11 is 1.22. The Morgan fingerprint density at radius 3 is 2.22 bits per heavy atom. The van der Waals surface area contributed by atoms with Gasteiger partial charge in [-0.3, -0.25) is 0 Å². The van der Waals surface area contributed by atoms with Crippen LogP contribution in [-0.4, -0.2) is 38.5 Å². The number of esters is 2. The lowest BCUT2D eigenvalue weighted by molar-refractivity contribution is -0.146. The number of thioether (sulfide) groups is 1. The van der Waals surface area contributed by atoms with Gasteiger partial charge in [0.1, 0.15) is 5.75 Å². The van der Waals surface area contributed by atoms with Crippen molar-refractivity contribution in [3.8, 4) is 5.75 Å². The summed E-state index contributed by atoms with van der Waals surface area (Å²) in [5.74, 6) is -0.777. The number of methoxy groups -OCH3 is 1. The third kappa shape index (κ3) is 5.52. The molecule has 0 unspecified atom stereocenters. The summed E-state index contributed by atoms with van der Waals surface area (Å²) in [5.41, 5.74) is 0.531. The maximum Gasteiger partial charge on any atom is 0.348 e. The number of benzene rings is 1. The highest BCUT2D eigenvalue weighted by Crippen LogP contribution is 2.25. The Kier molecular flexibility index (Phi) is 8.04. The van der Waals surface area contributed by atoms with E-state index in [1.54, 1.807) is 51.5 Å². The molecular formula is C16H21NO5S. The molecule has 6 nitrogen and oxygen atoms in total. The van der Waals surface area contributed by atoms with E-state index in [1.165, 1.54) is 11.8 Å². The predicted octanol–water partition coefficient (Wildman–Crippen LogP) is 2.81. The highest BCUT2D eigenvalue weighted by atomic mass is 32.2. The van der Waals surface area contributed by atoms with E-state index < -0.39 is 11.9 Å². The molecule has 0 fully saturated rings. The summed E-state index contributed by atoms with van der Waals surface area (Å²) in [4.78, 5) is 24.2. The average molecular weight is 339 g/mol. The van der Waals surface area contributed by atoms with Gasteiger partial charge in [0.25, 0.3) is 0 Å². The van der Waals surface area contributed by atoms with E-state index in [9.17, 15) is 9.59 Å². The zero-order valence-corrected chi connectivity index (χ0v) is 14.5. The molecule has 0 atom stereocenters. The number of anilines is 1. The molecule has 0 saturated carbocycles. The lowest BCUT2D eigenvalue weighted by atomic mass is 10.2. The van der Waals surface area contributed by atoms with Crippen LogP contribution in [0.25, 0.3) is 0 Å². The molecule has 1 aromatic carbocycles. The van der Waals surface area contributed by atoms with Gasteiger partial charge in [0.2, 0.25) is 0 Å². The van der Waals surface area contributed by atoms with Crippen LogP contribution in [0.1, 0.15) is 13.8 Å². The van der Waals surface area contributed by atoms with Crippen LogP contribution in [0.15, 0.2) is 34.9 Å². The standard InChI is InChI=1S/C16H21NO5S/c1-5-21-15(18)13(16(19)22-6-2)14(23-4)17-11-8-7-9-12(10-11)20-3/h7-10,17H,5-6H2,1-4H3. The molecule has 0 spiro atoms. The van der Waals surface area contributed by atoms with Gasteiger partial charge < -0.3 is 19.5 Å². The minimum atomic E-state index is -0.717. The number of hydrogen-bond acceptors (Lipinski definition) is 7. The van der Waals surface area contributed by atoms with Crippen molar-refractivity contribution < 1.29 is 23.8 Å². The van der Waals surface area contributed by atoms with E-state index in [1.807, 2.05) is 0 Å². The fourth-order valence-corrected chi connectivity index (χ4v) is 2.31. The molecule has 0 aliphatic carbocycles.